The average molecular weight is 321 g/mol. The van der Waals surface area contributed by atoms with Crippen molar-refractivity contribution >= 4 is 5.82 Å². The highest BCUT2D eigenvalue weighted by Gasteiger charge is 2.21. The Balaban J connectivity index is 1.46. The molecule has 1 aliphatic heterocycles. The summed E-state index contributed by atoms with van der Waals surface area (Å²) in [5, 5.41) is 9.12. The van der Waals surface area contributed by atoms with Gasteiger partial charge >= 0.3 is 0 Å². The minimum atomic E-state index is 0.325. The van der Waals surface area contributed by atoms with Gasteiger partial charge in [0.15, 0.2) is 0 Å². The van der Waals surface area contributed by atoms with E-state index in [4.69, 9.17) is 10.00 Å². The molecule has 0 bridgehead atoms. The summed E-state index contributed by atoms with van der Waals surface area (Å²) in [6.45, 7) is 4.55. The molecule has 0 unspecified atom stereocenters. The van der Waals surface area contributed by atoms with Gasteiger partial charge in [0.1, 0.15) is 17.6 Å². The lowest BCUT2D eigenvalue weighted by Gasteiger charge is -2.32. The fourth-order valence-electron chi connectivity index (χ4n) is 3.05. The quantitative estimate of drug-likeness (QED) is 0.846. The summed E-state index contributed by atoms with van der Waals surface area (Å²) in [7, 11) is 0. The van der Waals surface area contributed by atoms with Crippen LogP contribution in [-0.2, 0) is 11.2 Å². The van der Waals surface area contributed by atoms with Crippen molar-refractivity contribution in [2.75, 3.05) is 24.6 Å². The van der Waals surface area contributed by atoms with Crippen molar-refractivity contribution < 1.29 is 4.74 Å². The molecule has 2 heterocycles. The second-order valence-corrected chi connectivity index (χ2v) is 6.24. The monoisotopic (exact) mass is 321 g/mol. The number of benzene rings is 1. The Morgan fingerprint density at radius 1 is 1.17 bits per heavy atom. The normalized spacial score (nSPS) is 15.2. The molecule has 0 saturated carbocycles. The summed E-state index contributed by atoms with van der Waals surface area (Å²) >= 11 is 0. The number of aryl methyl sites for hydroxylation is 1. The standard InChI is InChI=1S/C20H23N3O/c1-16-7-8-20(22-19(16)15-21)23-12-9-18(10-13-23)24-14-11-17-5-3-2-4-6-17/h2-8,18H,9-14H2,1H3. The molecule has 1 aliphatic rings. The van der Waals surface area contributed by atoms with E-state index in [0.29, 0.717) is 11.8 Å². The lowest BCUT2D eigenvalue weighted by molar-refractivity contribution is 0.0390. The van der Waals surface area contributed by atoms with Crippen molar-refractivity contribution in [1.82, 2.24) is 4.98 Å². The molecule has 0 radical (unpaired) electrons. The minimum Gasteiger partial charge on any atom is -0.378 e. The van der Waals surface area contributed by atoms with Crippen LogP contribution < -0.4 is 4.90 Å². The van der Waals surface area contributed by atoms with Crippen molar-refractivity contribution in [2.24, 2.45) is 0 Å². The van der Waals surface area contributed by atoms with E-state index in [2.05, 4.69) is 40.2 Å². The fraction of sp³-hybridized carbons (Fsp3) is 0.400. The number of pyridine rings is 1. The molecule has 24 heavy (non-hydrogen) atoms. The van der Waals surface area contributed by atoms with E-state index in [1.807, 2.05) is 25.1 Å². The predicted octanol–water partition coefficient (Wildman–Crippen LogP) is 3.49. The SMILES string of the molecule is Cc1ccc(N2CCC(OCCc3ccccc3)CC2)nc1C#N. The zero-order valence-corrected chi connectivity index (χ0v) is 14.1. The van der Waals surface area contributed by atoms with Crippen molar-refractivity contribution in [3.63, 3.8) is 0 Å². The first-order valence-electron chi connectivity index (χ1n) is 8.54. The van der Waals surface area contributed by atoms with E-state index in [1.165, 1.54) is 5.56 Å². The molecule has 0 amide bonds. The molecule has 4 heteroatoms. The molecule has 124 valence electrons. The van der Waals surface area contributed by atoms with E-state index in [9.17, 15) is 0 Å². The molecule has 1 saturated heterocycles. The first kappa shape index (κ1) is 16.5. The van der Waals surface area contributed by atoms with Crippen LogP contribution in [0, 0.1) is 18.3 Å². The lowest BCUT2D eigenvalue weighted by Crippen LogP contribution is -2.37. The fourth-order valence-corrected chi connectivity index (χ4v) is 3.05. The van der Waals surface area contributed by atoms with E-state index in [-0.39, 0.29) is 0 Å². The Morgan fingerprint density at radius 2 is 1.92 bits per heavy atom. The Kier molecular flexibility index (Phi) is 5.45. The molecule has 0 aliphatic carbocycles. The van der Waals surface area contributed by atoms with Crippen LogP contribution in [0.1, 0.15) is 29.7 Å². The highest BCUT2D eigenvalue weighted by atomic mass is 16.5. The number of hydrogen-bond donors (Lipinski definition) is 0. The lowest BCUT2D eigenvalue weighted by atomic mass is 10.1. The Hall–Kier alpha value is -2.38. The Labute approximate surface area is 143 Å². The van der Waals surface area contributed by atoms with Crippen LogP contribution in [0.4, 0.5) is 5.82 Å². The van der Waals surface area contributed by atoms with Gasteiger partial charge in [-0.3, -0.25) is 0 Å². The van der Waals surface area contributed by atoms with Crippen molar-refractivity contribution in [3.8, 4) is 6.07 Å². The summed E-state index contributed by atoms with van der Waals surface area (Å²) < 4.78 is 6.04. The summed E-state index contributed by atoms with van der Waals surface area (Å²) in [6, 6.07) is 16.6. The van der Waals surface area contributed by atoms with Crippen molar-refractivity contribution in [1.29, 1.82) is 5.26 Å². The number of nitrogens with zero attached hydrogens (tertiary/aromatic N) is 3. The molecule has 0 N–H and O–H groups in total. The maximum atomic E-state index is 9.12. The zero-order valence-electron chi connectivity index (χ0n) is 14.1. The van der Waals surface area contributed by atoms with Crippen LogP contribution in [0.15, 0.2) is 42.5 Å². The molecule has 0 spiro atoms. The largest absolute Gasteiger partial charge is 0.378 e. The average Bonchev–Trinajstić information content (AvgIpc) is 2.64. The molecule has 1 aromatic carbocycles. The predicted molar refractivity (Wildman–Crippen MR) is 95.0 cm³/mol. The van der Waals surface area contributed by atoms with Gasteiger partial charge in [-0.1, -0.05) is 36.4 Å². The Bertz CT molecular complexity index is 701. The first-order chi connectivity index (χ1) is 11.8. The smallest absolute Gasteiger partial charge is 0.145 e. The topological polar surface area (TPSA) is 49.1 Å². The summed E-state index contributed by atoms with van der Waals surface area (Å²) in [4.78, 5) is 6.71. The molecule has 0 atom stereocenters. The number of nitriles is 1. The maximum Gasteiger partial charge on any atom is 0.145 e. The van der Waals surface area contributed by atoms with E-state index < -0.39 is 0 Å². The van der Waals surface area contributed by atoms with Crippen LogP contribution in [-0.4, -0.2) is 30.8 Å². The number of hydrogen-bond acceptors (Lipinski definition) is 4. The van der Waals surface area contributed by atoms with Gasteiger partial charge in [-0.05, 0) is 43.4 Å². The van der Waals surface area contributed by atoms with E-state index in [1.54, 1.807) is 0 Å². The van der Waals surface area contributed by atoms with Gasteiger partial charge in [-0.25, -0.2) is 4.98 Å². The molecule has 3 rings (SSSR count). The number of rotatable bonds is 5. The third kappa shape index (κ3) is 4.12. The van der Waals surface area contributed by atoms with Gasteiger partial charge in [-0.2, -0.15) is 5.26 Å². The van der Waals surface area contributed by atoms with Gasteiger partial charge in [-0.15, -0.1) is 0 Å². The molecule has 4 nitrogen and oxygen atoms in total. The van der Waals surface area contributed by atoms with E-state index in [0.717, 1.165) is 50.3 Å². The third-order valence-electron chi connectivity index (χ3n) is 4.54. The van der Waals surface area contributed by atoms with Gasteiger partial charge in [0.05, 0.1) is 12.7 Å². The number of piperidine rings is 1. The highest BCUT2D eigenvalue weighted by Crippen LogP contribution is 2.21. The van der Waals surface area contributed by atoms with E-state index >= 15 is 0 Å². The van der Waals surface area contributed by atoms with Crippen molar-refractivity contribution in [3.05, 3.63) is 59.3 Å². The second kappa shape index (κ2) is 7.94. The van der Waals surface area contributed by atoms with Gasteiger partial charge in [0.2, 0.25) is 0 Å². The Morgan fingerprint density at radius 3 is 2.62 bits per heavy atom. The molecule has 1 fully saturated rings. The summed E-state index contributed by atoms with van der Waals surface area (Å²) in [6.07, 6.45) is 3.30. The van der Waals surface area contributed by atoms with Gasteiger partial charge < -0.3 is 9.64 Å². The van der Waals surface area contributed by atoms with Crippen LogP contribution >= 0.6 is 0 Å². The maximum absolute atomic E-state index is 9.12. The van der Waals surface area contributed by atoms with Crippen LogP contribution in [0.3, 0.4) is 0 Å². The second-order valence-electron chi connectivity index (χ2n) is 6.24. The number of aromatic nitrogens is 1. The van der Waals surface area contributed by atoms with Crippen molar-refractivity contribution in [2.45, 2.75) is 32.3 Å². The number of anilines is 1. The summed E-state index contributed by atoms with van der Waals surface area (Å²) in [5.74, 6) is 0.903. The zero-order chi connectivity index (χ0) is 16.8. The molecular formula is C20H23N3O. The van der Waals surface area contributed by atoms with Crippen LogP contribution in [0.25, 0.3) is 0 Å². The minimum absolute atomic E-state index is 0.325. The van der Waals surface area contributed by atoms with Crippen LogP contribution in [0.5, 0.6) is 0 Å². The molecule has 1 aromatic heterocycles. The van der Waals surface area contributed by atoms with Gasteiger partial charge in [0, 0.05) is 13.1 Å². The van der Waals surface area contributed by atoms with Crippen LogP contribution in [0.2, 0.25) is 0 Å². The summed E-state index contributed by atoms with van der Waals surface area (Å²) in [5.41, 5.74) is 2.77. The molecule has 2 aromatic rings. The highest BCUT2D eigenvalue weighted by molar-refractivity contribution is 5.45. The first-order valence-corrected chi connectivity index (χ1v) is 8.54. The van der Waals surface area contributed by atoms with Gasteiger partial charge in [0.25, 0.3) is 0 Å². The number of ether oxygens (including phenoxy) is 1. The molecular weight excluding hydrogens is 298 g/mol. The third-order valence-corrected chi connectivity index (χ3v) is 4.54.